The number of sulfonamides is 1. The summed E-state index contributed by atoms with van der Waals surface area (Å²) in [4.78, 5) is 28.3. The largest absolute Gasteiger partial charge is 0.497 e. The summed E-state index contributed by atoms with van der Waals surface area (Å²) in [6.07, 6.45) is 3.07. The van der Waals surface area contributed by atoms with Crippen LogP contribution in [-0.2, 0) is 26.2 Å². The molecule has 0 aromatic heterocycles. The van der Waals surface area contributed by atoms with Crippen LogP contribution in [0.4, 0.5) is 5.69 Å². The Hall–Kier alpha value is -2.98. The minimum Gasteiger partial charge on any atom is -0.497 e. The Bertz CT molecular complexity index is 1160. The number of hydrogen-bond acceptors (Lipinski definition) is 6. The van der Waals surface area contributed by atoms with Crippen molar-refractivity contribution in [2.75, 3.05) is 37.9 Å². The summed E-state index contributed by atoms with van der Waals surface area (Å²) in [6.45, 7) is 3.89. The van der Waals surface area contributed by atoms with Gasteiger partial charge in [0.25, 0.3) is 0 Å². The maximum absolute atomic E-state index is 13.8. The highest BCUT2D eigenvalue weighted by molar-refractivity contribution is 7.92. The van der Waals surface area contributed by atoms with Crippen molar-refractivity contribution in [1.29, 1.82) is 0 Å². The van der Waals surface area contributed by atoms with E-state index in [0.717, 1.165) is 29.0 Å². The molecule has 2 amide bonds. The lowest BCUT2D eigenvalue weighted by Crippen LogP contribution is -2.52. The summed E-state index contributed by atoms with van der Waals surface area (Å²) < 4.78 is 37.1. The zero-order chi connectivity index (χ0) is 27.6. The highest BCUT2D eigenvalue weighted by Crippen LogP contribution is 2.33. The number of nitrogens with one attached hydrogen (secondary N) is 1. The Morgan fingerprint density at radius 2 is 1.73 bits per heavy atom. The fraction of sp³-hybridized carbons (Fsp3) is 0.462. The van der Waals surface area contributed by atoms with Crippen LogP contribution in [0.5, 0.6) is 11.5 Å². The van der Waals surface area contributed by atoms with E-state index in [1.165, 1.54) is 24.1 Å². The van der Waals surface area contributed by atoms with E-state index in [0.29, 0.717) is 18.7 Å². The molecule has 0 saturated heterocycles. The molecule has 2 aromatic rings. The summed E-state index contributed by atoms with van der Waals surface area (Å²) in [5, 5.41) is 3.18. The topological polar surface area (TPSA) is 105 Å². The predicted octanol–water partition coefficient (Wildman–Crippen LogP) is 3.85. The van der Waals surface area contributed by atoms with Gasteiger partial charge in [-0.25, -0.2) is 8.42 Å². The number of carbonyl (C=O) groups excluding carboxylic acids is 2. The SMILES string of the molecule is CCCCNC(=O)[C@H](CC)N(Cc1ccc(OC)cc1)C(=O)CN(c1cc(Cl)ccc1OC)S(C)(=O)=O. The van der Waals surface area contributed by atoms with Gasteiger partial charge in [-0.1, -0.05) is 44.0 Å². The Balaban J connectivity index is 2.47. The average Bonchev–Trinajstić information content (AvgIpc) is 2.86. The molecular formula is C26H36ClN3O6S. The molecule has 0 fully saturated rings. The summed E-state index contributed by atoms with van der Waals surface area (Å²) >= 11 is 6.14. The summed E-state index contributed by atoms with van der Waals surface area (Å²) in [7, 11) is -0.958. The normalized spacial score (nSPS) is 11.9. The lowest BCUT2D eigenvalue weighted by molar-refractivity contribution is -0.140. The van der Waals surface area contributed by atoms with Crippen molar-refractivity contribution in [2.24, 2.45) is 0 Å². The van der Waals surface area contributed by atoms with Crippen LogP contribution in [0.1, 0.15) is 38.7 Å². The van der Waals surface area contributed by atoms with Gasteiger partial charge in [-0.05, 0) is 48.7 Å². The van der Waals surface area contributed by atoms with Gasteiger partial charge in [-0.3, -0.25) is 13.9 Å². The Kier molecular flexibility index (Phi) is 11.5. The van der Waals surface area contributed by atoms with Crippen LogP contribution >= 0.6 is 11.6 Å². The van der Waals surface area contributed by atoms with E-state index in [-0.39, 0.29) is 28.9 Å². The van der Waals surface area contributed by atoms with Crippen molar-refractivity contribution >= 4 is 39.1 Å². The minimum absolute atomic E-state index is 0.104. The standard InChI is InChI=1S/C26H36ClN3O6S/c1-6-8-15-28-26(32)22(7-2)29(17-19-9-12-21(35-3)13-10-19)25(31)18-30(37(5,33)34)23-16-20(27)11-14-24(23)36-4/h9-14,16,22H,6-8,15,17-18H2,1-5H3,(H,28,32)/t22-/m0/s1. The van der Waals surface area contributed by atoms with Crippen LogP contribution in [-0.4, -0.2) is 64.7 Å². The molecule has 0 aliphatic heterocycles. The highest BCUT2D eigenvalue weighted by Gasteiger charge is 2.32. The Labute approximate surface area is 224 Å². The molecule has 0 unspecified atom stereocenters. The molecule has 0 radical (unpaired) electrons. The van der Waals surface area contributed by atoms with Crippen LogP contribution < -0.4 is 19.1 Å². The first-order valence-corrected chi connectivity index (χ1v) is 14.3. The molecule has 0 heterocycles. The fourth-order valence-corrected chi connectivity index (χ4v) is 4.82. The van der Waals surface area contributed by atoms with Gasteiger partial charge < -0.3 is 19.7 Å². The van der Waals surface area contributed by atoms with Gasteiger partial charge in [0.1, 0.15) is 24.1 Å². The molecule has 0 aliphatic rings. The van der Waals surface area contributed by atoms with Crippen LogP contribution in [0.2, 0.25) is 5.02 Å². The van der Waals surface area contributed by atoms with Gasteiger partial charge in [0.15, 0.2) is 0 Å². The second-order valence-corrected chi connectivity index (χ2v) is 10.9. The van der Waals surface area contributed by atoms with E-state index in [4.69, 9.17) is 21.1 Å². The van der Waals surface area contributed by atoms with Gasteiger partial charge >= 0.3 is 0 Å². The second kappa shape index (κ2) is 14.1. The number of ether oxygens (including phenoxy) is 2. The molecular weight excluding hydrogens is 518 g/mol. The van der Waals surface area contributed by atoms with E-state index in [1.54, 1.807) is 37.4 Å². The number of unbranched alkanes of at least 4 members (excludes halogenated alkanes) is 1. The van der Waals surface area contributed by atoms with Gasteiger partial charge in [0, 0.05) is 18.1 Å². The lowest BCUT2D eigenvalue weighted by atomic mass is 10.1. The second-order valence-electron chi connectivity index (χ2n) is 8.52. The number of halogens is 1. The summed E-state index contributed by atoms with van der Waals surface area (Å²) in [5.74, 6) is 0.0702. The molecule has 0 spiro atoms. The molecule has 0 bridgehead atoms. The number of methoxy groups -OCH3 is 2. The number of benzene rings is 2. The van der Waals surface area contributed by atoms with Crippen LogP contribution in [0, 0.1) is 0 Å². The highest BCUT2D eigenvalue weighted by atomic mass is 35.5. The molecule has 2 aromatic carbocycles. The van der Waals surface area contributed by atoms with Crippen molar-refractivity contribution in [1.82, 2.24) is 10.2 Å². The first kappa shape index (κ1) is 30.2. The maximum Gasteiger partial charge on any atom is 0.244 e. The molecule has 0 aliphatic carbocycles. The van der Waals surface area contributed by atoms with Crippen molar-refractivity contribution < 1.29 is 27.5 Å². The molecule has 11 heteroatoms. The fourth-order valence-electron chi connectivity index (χ4n) is 3.81. The van der Waals surface area contributed by atoms with Crippen molar-refractivity contribution in [3.8, 4) is 11.5 Å². The van der Waals surface area contributed by atoms with E-state index >= 15 is 0 Å². The number of amides is 2. The number of nitrogens with zero attached hydrogens (tertiary/aromatic N) is 2. The minimum atomic E-state index is -3.92. The average molecular weight is 554 g/mol. The maximum atomic E-state index is 13.8. The number of rotatable bonds is 14. The molecule has 37 heavy (non-hydrogen) atoms. The van der Waals surface area contributed by atoms with Gasteiger partial charge in [-0.2, -0.15) is 0 Å². The van der Waals surface area contributed by atoms with E-state index in [1.807, 2.05) is 13.8 Å². The Morgan fingerprint density at radius 1 is 1.05 bits per heavy atom. The van der Waals surface area contributed by atoms with E-state index in [9.17, 15) is 18.0 Å². The number of anilines is 1. The third-order valence-corrected chi connectivity index (χ3v) is 7.18. The first-order chi connectivity index (χ1) is 17.5. The lowest BCUT2D eigenvalue weighted by Gasteiger charge is -2.33. The first-order valence-electron chi connectivity index (χ1n) is 12.1. The van der Waals surface area contributed by atoms with Gasteiger partial charge in [-0.15, -0.1) is 0 Å². The summed E-state index contributed by atoms with van der Waals surface area (Å²) in [5.41, 5.74) is 0.899. The van der Waals surface area contributed by atoms with Crippen LogP contribution in [0.3, 0.4) is 0 Å². The molecule has 1 N–H and O–H groups in total. The van der Waals surface area contributed by atoms with Crippen molar-refractivity contribution in [3.05, 3.63) is 53.1 Å². The van der Waals surface area contributed by atoms with Crippen LogP contribution in [0.15, 0.2) is 42.5 Å². The summed E-state index contributed by atoms with van der Waals surface area (Å²) in [6, 6.07) is 10.9. The smallest absolute Gasteiger partial charge is 0.244 e. The van der Waals surface area contributed by atoms with E-state index < -0.39 is 28.5 Å². The van der Waals surface area contributed by atoms with Crippen molar-refractivity contribution in [2.45, 2.75) is 45.7 Å². The zero-order valence-corrected chi connectivity index (χ0v) is 23.6. The monoisotopic (exact) mass is 553 g/mol. The molecule has 2 rings (SSSR count). The third kappa shape index (κ3) is 8.53. The molecule has 1 atom stereocenters. The van der Waals surface area contributed by atoms with E-state index in [2.05, 4.69) is 5.32 Å². The Morgan fingerprint density at radius 3 is 2.27 bits per heavy atom. The van der Waals surface area contributed by atoms with Crippen molar-refractivity contribution in [3.63, 3.8) is 0 Å². The molecule has 0 saturated carbocycles. The van der Waals surface area contributed by atoms with Gasteiger partial charge in [0.05, 0.1) is 26.2 Å². The zero-order valence-electron chi connectivity index (χ0n) is 22.0. The quantitative estimate of drug-likeness (QED) is 0.356. The molecule has 204 valence electrons. The molecule has 9 nitrogen and oxygen atoms in total. The number of carbonyl (C=O) groups is 2. The third-order valence-electron chi connectivity index (χ3n) is 5.82. The number of hydrogen-bond donors (Lipinski definition) is 1. The van der Waals surface area contributed by atoms with Gasteiger partial charge in [0.2, 0.25) is 21.8 Å². The van der Waals surface area contributed by atoms with Crippen LogP contribution in [0.25, 0.3) is 0 Å². The predicted molar refractivity (Wildman–Crippen MR) is 146 cm³/mol.